The van der Waals surface area contributed by atoms with Crippen molar-refractivity contribution in [3.63, 3.8) is 0 Å². The minimum atomic E-state index is -1.65. The molecule has 174 valence electrons. The number of hydrogen-bond acceptors (Lipinski definition) is 8. The summed E-state index contributed by atoms with van der Waals surface area (Å²) in [7, 11) is 0. The SMILES string of the molecule is CC(C)(C)c1cc(OOc2c(O)c(C(=O)O)cc(C(C)(C)C)c2O)c(C(=O)O)c(O)c1O. The van der Waals surface area contributed by atoms with Crippen LogP contribution in [-0.2, 0) is 10.8 Å². The van der Waals surface area contributed by atoms with Crippen LogP contribution >= 0.6 is 0 Å². The summed E-state index contributed by atoms with van der Waals surface area (Å²) in [5.74, 6) is -7.63. The van der Waals surface area contributed by atoms with Gasteiger partial charge in [-0.15, -0.1) is 0 Å². The lowest BCUT2D eigenvalue weighted by atomic mass is 9.85. The molecule has 0 saturated heterocycles. The van der Waals surface area contributed by atoms with E-state index in [2.05, 4.69) is 0 Å². The van der Waals surface area contributed by atoms with Crippen LogP contribution in [0.5, 0.6) is 34.5 Å². The van der Waals surface area contributed by atoms with Gasteiger partial charge in [0.05, 0.1) is 0 Å². The van der Waals surface area contributed by atoms with Crippen LogP contribution in [0, 0.1) is 0 Å². The molecule has 10 heteroatoms. The molecule has 0 amide bonds. The number of phenolic OH excluding ortho intramolecular Hbond substituents is 2. The van der Waals surface area contributed by atoms with Crippen LogP contribution in [0.25, 0.3) is 0 Å². The van der Waals surface area contributed by atoms with Crippen molar-refractivity contribution in [1.82, 2.24) is 0 Å². The molecule has 10 nitrogen and oxygen atoms in total. The molecule has 0 aliphatic carbocycles. The van der Waals surface area contributed by atoms with Crippen molar-refractivity contribution in [2.45, 2.75) is 52.4 Å². The van der Waals surface area contributed by atoms with E-state index in [9.17, 15) is 40.2 Å². The zero-order chi connectivity index (χ0) is 24.8. The second kappa shape index (κ2) is 8.03. The van der Waals surface area contributed by atoms with Gasteiger partial charge in [-0.05, 0) is 23.0 Å². The molecule has 0 fully saturated rings. The first-order chi connectivity index (χ1) is 14.5. The predicted molar refractivity (Wildman–Crippen MR) is 112 cm³/mol. The number of benzene rings is 2. The number of rotatable bonds is 5. The maximum atomic E-state index is 11.6. The number of hydrogen-bond donors (Lipinski definition) is 6. The first-order valence-corrected chi connectivity index (χ1v) is 9.48. The molecule has 0 aliphatic heterocycles. The first-order valence-electron chi connectivity index (χ1n) is 9.48. The molecular weight excluding hydrogens is 424 g/mol. The van der Waals surface area contributed by atoms with Crippen LogP contribution < -0.4 is 9.78 Å². The summed E-state index contributed by atoms with van der Waals surface area (Å²) in [6.07, 6.45) is 0. The van der Waals surface area contributed by atoms with Gasteiger partial charge in [0.1, 0.15) is 5.56 Å². The Morgan fingerprint density at radius 1 is 0.688 bits per heavy atom. The molecule has 6 N–H and O–H groups in total. The van der Waals surface area contributed by atoms with E-state index in [1.165, 1.54) is 0 Å². The Morgan fingerprint density at radius 3 is 1.62 bits per heavy atom. The molecule has 0 unspecified atom stereocenters. The fourth-order valence-electron chi connectivity index (χ4n) is 3.02. The molecule has 0 bridgehead atoms. The quantitative estimate of drug-likeness (QED) is 0.223. The lowest BCUT2D eigenvalue weighted by molar-refractivity contribution is -0.104. The molecule has 2 aromatic carbocycles. The molecule has 2 rings (SSSR count). The number of carboxylic acids is 2. The average Bonchev–Trinajstić information content (AvgIpc) is 2.61. The van der Waals surface area contributed by atoms with E-state index >= 15 is 0 Å². The van der Waals surface area contributed by atoms with E-state index in [-0.39, 0.29) is 11.1 Å². The van der Waals surface area contributed by atoms with E-state index in [1.54, 1.807) is 41.5 Å². The molecule has 0 saturated carbocycles. The zero-order valence-electron chi connectivity index (χ0n) is 18.5. The van der Waals surface area contributed by atoms with Gasteiger partial charge in [-0.1, -0.05) is 41.5 Å². The smallest absolute Gasteiger partial charge is 0.343 e. The summed E-state index contributed by atoms with van der Waals surface area (Å²) in [6, 6.07) is 2.21. The molecule has 32 heavy (non-hydrogen) atoms. The fraction of sp³-hybridized carbons (Fsp3) is 0.364. The van der Waals surface area contributed by atoms with Gasteiger partial charge in [0, 0.05) is 11.1 Å². The van der Waals surface area contributed by atoms with Crippen LogP contribution in [0.4, 0.5) is 0 Å². The molecule has 0 radical (unpaired) electrons. The van der Waals surface area contributed by atoms with Crippen LogP contribution in [0.3, 0.4) is 0 Å². The van der Waals surface area contributed by atoms with Crippen LogP contribution in [0.1, 0.15) is 73.4 Å². The monoisotopic (exact) mass is 450 g/mol. The van der Waals surface area contributed by atoms with Gasteiger partial charge in [0.25, 0.3) is 5.75 Å². The summed E-state index contributed by atoms with van der Waals surface area (Å²) in [4.78, 5) is 33.3. The normalized spacial score (nSPS) is 11.8. The number of carbonyl (C=O) groups is 2. The maximum Gasteiger partial charge on any atom is 0.343 e. The first kappa shape index (κ1) is 24.4. The largest absolute Gasteiger partial charge is 0.504 e. The van der Waals surface area contributed by atoms with Gasteiger partial charge in [-0.2, -0.15) is 0 Å². The predicted octanol–water partition coefficient (Wildman–Crippen LogP) is 3.87. The highest BCUT2D eigenvalue weighted by Gasteiger charge is 2.32. The summed E-state index contributed by atoms with van der Waals surface area (Å²) >= 11 is 0. The van der Waals surface area contributed by atoms with Crippen molar-refractivity contribution in [3.05, 3.63) is 34.4 Å². The standard InChI is InChI=1S/C22H26O10/c1-21(2,3)10-7-9(19(27)28)14(23)18(16(10)25)32-31-12-8-11(22(4,5)6)15(24)17(26)13(12)20(29)30/h7-8,23-26H,1-6H3,(H,27,28)(H,29,30). The Morgan fingerprint density at radius 2 is 1.19 bits per heavy atom. The molecule has 2 aromatic rings. The van der Waals surface area contributed by atoms with Gasteiger partial charge in [-0.3, -0.25) is 9.78 Å². The highest BCUT2D eigenvalue weighted by atomic mass is 17.2. The van der Waals surface area contributed by atoms with Crippen molar-refractivity contribution in [1.29, 1.82) is 0 Å². The van der Waals surface area contributed by atoms with Gasteiger partial charge in [-0.25, -0.2) is 9.59 Å². The van der Waals surface area contributed by atoms with Crippen LogP contribution in [0.2, 0.25) is 0 Å². The molecule has 0 heterocycles. The zero-order valence-corrected chi connectivity index (χ0v) is 18.5. The van der Waals surface area contributed by atoms with E-state index < -0.39 is 68.4 Å². The van der Waals surface area contributed by atoms with Crippen molar-refractivity contribution in [3.8, 4) is 34.5 Å². The Hall–Kier alpha value is -3.82. The molecule has 0 aliphatic rings. The number of aromatic carboxylic acids is 2. The van der Waals surface area contributed by atoms with Gasteiger partial charge in [0.15, 0.2) is 34.3 Å². The van der Waals surface area contributed by atoms with Crippen LogP contribution in [0.15, 0.2) is 12.1 Å². The Kier molecular flexibility index (Phi) is 6.13. The Bertz CT molecular complexity index is 1090. The minimum Gasteiger partial charge on any atom is -0.504 e. The van der Waals surface area contributed by atoms with Gasteiger partial charge >= 0.3 is 11.9 Å². The van der Waals surface area contributed by atoms with Crippen LogP contribution in [-0.4, -0.2) is 42.6 Å². The third-order valence-electron chi connectivity index (χ3n) is 4.74. The minimum absolute atomic E-state index is 0.119. The topological polar surface area (TPSA) is 174 Å². The third kappa shape index (κ3) is 4.43. The fourth-order valence-corrected chi connectivity index (χ4v) is 3.02. The molecule has 0 atom stereocenters. The second-order valence-electron chi connectivity index (χ2n) is 9.27. The third-order valence-corrected chi connectivity index (χ3v) is 4.74. The highest BCUT2D eigenvalue weighted by molar-refractivity contribution is 5.95. The van der Waals surface area contributed by atoms with Crippen molar-refractivity contribution in [2.75, 3.05) is 0 Å². The molecule has 0 aromatic heterocycles. The maximum absolute atomic E-state index is 11.6. The second-order valence-corrected chi connectivity index (χ2v) is 9.27. The summed E-state index contributed by atoms with van der Waals surface area (Å²) in [6.45, 7) is 10.1. The Labute approximate surface area is 183 Å². The van der Waals surface area contributed by atoms with Crippen molar-refractivity contribution in [2.24, 2.45) is 0 Å². The highest BCUT2D eigenvalue weighted by Crippen LogP contribution is 2.47. The summed E-state index contributed by atoms with van der Waals surface area (Å²) < 4.78 is 0. The van der Waals surface area contributed by atoms with Crippen molar-refractivity contribution < 1.29 is 50.0 Å². The average molecular weight is 450 g/mol. The van der Waals surface area contributed by atoms with E-state index in [0.717, 1.165) is 12.1 Å². The summed E-state index contributed by atoms with van der Waals surface area (Å²) in [5.41, 5.74) is -2.67. The molecular formula is C22H26O10. The Balaban J connectivity index is 2.69. The number of carboxylic acid groups (broad SMARTS) is 2. The summed E-state index contributed by atoms with van der Waals surface area (Å²) in [5, 5.41) is 60.2. The van der Waals surface area contributed by atoms with E-state index in [1.807, 2.05) is 0 Å². The van der Waals surface area contributed by atoms with Gasteiger partial charge in [0.2, 0.25) is 0 Å². The number of aromatic hydroxyl groups is 4. The van der Waals surface area contributed by atoms with Crippen molar-refractivity contribution >= 4 is 11.9 Å². The lowest BCUT2D eigenvalue weighted by Gasteiger charge is -2.24. The number of phenols is 4. The van der Waals surface area contributed by atoms with E-state index in [0.29, 0.717) is 0 Å². The molecule has 0 spiro atoms. The van der Waals surface area contributed by atoms with E-state index in [4.69, 9.17) is 9.78 Å². The van der Waals surface area contributed by atoms with Gasteiger partial charge < -0.3 is 30.6 Å². The lowest BCUT2D eigenvalue weighted by Crippen LogP contribution is -2.16.